The summed E-state index contributed by atoms with van der Waals surface area (Å²) >= 11 is 3.49. The Morgan fingerprint density at radius 2 is 2.15 bits per heavy atom. The monoisotopic (exact) mass is 416 g/mol. The first-order valence-electron chi connectivity index (χ1n) is 8.42. The first-order chi connectivity index (χ1) is 12.4. The number of likely N-dealkylation sites (N-methyl/N-ethyl adjacent to an activating group) is 1. The zero-order valence-electron chi connectivity index (χ0n) is 14.8. The minimum absolute atomic E-state index is 0.0728. The van der Waals surface area contributed by atoms with E-state index in [0.717, 1.165) is 16.5 Å². The van der Waals surface area contributed by atoms with Crippen LogP contribution in [0.1, 0.15) is 18.4 Å². The quantitative estimate of drug-likeness (QED) is 0.819. The predicted octanol–water partition coefficient (Wildman–Crippen LogP) is 2.43. The molecule has 6 nitrogen and oxygen atoms in total. The third-order valence-corrected chi connectivity index (χ3v) is 4.84. The number of nitrogens with one attached hydrogen (secondary N) is 1. The SMILES string of the molecule is CN1N=C(C(=O)NC2C=CC(Cc3cccc(Br)c3)=CN2C)CCC1=O. The van der Waals surface area contributed by atoms with Crippen molar-refractivity contribution in [1.82, 2.24) is 15.2 Å². The standard InChI is InChI=1S/C19H21BrN4O2/c1-23-12-14(10-13-4-3-5-15(20)11-13)6-8-17(23)21-19(26)16-7-9-18(25)24(2)22-16/h3-6,8,11-12,17H,7,9-10H2,1-2H3,(H,21,26). The summed E-state index contributed by atoms with van der Waals surface area (Å²) in [6, 6.07) is 8.21. The first-order valence-corrected chi connectivity index (χ1v) is 9.22. The Morgan fingerprint density at radius 3 is 2.85 bits per heavy atom. The number of allylic oxidation sites excluding steroid dienone is 2. The Balaban J connectivity index is 1.61. The summed E-state index contributed by atoms with van der Waals surface area (Å²) in [4.78, 5) is 25.8. The topological polar surface area (TPSA) is 65.0 Å². The minimum Gasteiger partial charge on any atom is -0.357 e. The second-order valence-electron chi connectivity index (χ2n) is 6.42. The molecule has 3 rings (SSSR count). The van der Waals surface area contributed by atoms with E-state index in [1.54, 1.807) is 7.05 Å². The van der Waals surface area contributed by atoms with Crippen molar-refractivity contribution in [3.63, 3.8) is 0 Å². The van der Waals surface area contributed by atoms with E-state index in [0.29, 0.717) is 18.6 Å². The first kappa shape index (κ1) is 18.4. The molecule has 0 bridgehead atoms. The number of halogens is 1. The Labute approximate surface area is 161 Å². The summed E-state index contributed by atoms with van der Waals surface area (Å²) in [7, 11) is 3.49. The molecule has 1 atom stereocenters. The summed E-state index contributed by atoms with van der Waals surface area (Å²) in [5.74, 6) is -0.314. The molecule has 0 fully saturated rings. The third kappa shape index (κ3) is 4.40. The highest BCUT2D eigenvalue weighted by Crippen LogP contribution is 2.19. The zero-order chi connectivity index (χ0) is 18.7. The highest BCUT2D eigenvalue weighted by molar-refractivity contribution is 9.10. The van der Waals surface area contributed by atoms with Gasteiger partial charge in [-0.1, -0.05) is 34.1 Å². The number of nitrogens with zero attached hydrogens (tertiary/aromatic N) is 3. The predicted molar refractivity (Wildman–Crippen MR) is 104 cm³/mol. The largest absolute Gasteiger partial charge is 0.357 e. The van der Waals surface area contributed by atoms with Crippen LogP contribution in [-0.4, -0.2) is 47.7 Å². The maximum Gasteiger partial charge on any atom is 0.269 e. The maximum atomic E-state index is 12.4. The van der Waals surface area contributed by atoms with Gasteiger partial charge in [-0.15, -0.1) is 0 Å². The lowest BCUT2D eigenvalue weighted by atomic mass is 10.0. The van der Waals surface area contributed by atoms with Crippen molar-refractivity contribution in [2.24, 2.45) is 5.10 Å². The van der Waals surface area contributed by atoms with Crippen molar-refractivity contribution in [1.29, 1.82) is 0 Å². The van der Waals surface area contributed by atoms with E-state index in [2.05, 4.69) is 38.5 Å². The van der Waals surface area contributed by atoms with Gasteiger partial charge in [0.25, 0.3) is 5.91 Å². The molecule has 0 radical (unpaired) electrons. The third-order valence-electron chi connectivity index (χ3n) is 4.35. The van der Waals surface area contributed by atoms with E-state index >= 15 is 0 Å². The minimum atomic E-state index is -0.241. The molecular weight excluding hydrogens is 396 g/mol. The Bertz CT molecular complexity index is 816. The lowest BCUT2D eigenvalue weighted by Gasteiger charge is -2.29. The molecule has 0 aromatic heterocycles. The molecule has 1 unspecified atom stereocenters. The Morgan fingerprint density at radius 1 is 1.35 bits per heavy atom. The molecule has 136 valence electrons. The van der Waals surface area contributed by atoms with Gasteiger partial charge >= 0.3 is 0 Å². The summed E-state index contributed by atoms with van der Waals surface area (Å²) in [5.41, 5.74) is 2.77. The summed E-state index contributed by atoms with van der Waals surface area (Å²) in [6.07, 6.45) is 7.30. The molecule has 1 N–H and O–H groups in total. The molecule has 0 saturated heterocycles. The van der Waals surface area contributed by atoms with Gasteiger partial charge in [-0.25, -0.2) is 5.01 Å². The van der Waals surface area contributed by atoms with Gasteiger partial charge in [0.1, 0.15) is 11.9 Å². The maximum absolute atomic E-state index is 12.4. The molecule has 0 spiro atoms. The molecule has 1 aromatic rings. The number of carbonyl (C=O) groups is 2. The molecule has 0 aliphatic carbocycles. The normalized spacial score (nSPS) is 20.0. The van der Waals surface area contributed by atoms with Crippen LogP contribution in [0.4, 0.5) is 0 Å². The van der Waals surface area contributed by atoms with Gasteiger partial charge in [-0.05, 0) is 35.8 Å². The van der Waals surface area contributed by atoms with Crippen LogP contribution in [0.2, 0.25) is 0 Å². The van der Waals surface area contributed by atoms with Crippen LogP contribution in [0, 0.1) is 0 Å². The van der Waals surface area contributed by atoms with Crippen LogP contribution in [0.15, 0.2) is 57.8 Å². The van der Waals surface area contributed by atoms with E-state index in [1.165, 1.54) is 10.6 Å². The average Bonchev–Trinajstić information content (AvgIpc) is 2.59. The number of benzene rings is 1. The highest BCUT2D eigenvalue weighted by atomic mass is 79.9. The van der Waals surface area contributed by atoms with Crippen molar-refractivity contribution in [2.75, 3.05) is 14.1 Å². The number of hydrogen-bond donors (Lipinski definition) is 1. The van der Waals surface area contributed by atoms with Gasteiger partial charge in [0.2, 0.25) is 5.91 Å². The molecule has 0 saturated carbocycles. The summed E-state index contributed by atoms with van der Waals surface area (Å²) in [6.45, 7) is 0. The Hall–Kier alpha value is -2.41. The average molecular weight is 417 g/mol. The van der Waals surface area contributed by atoms with Crippen molar-refractivity contribution in [3.8, 4) is 0 Å². The van der Waals surface area contributed by atoms with Gasteiger partial charge in [-0.3, -0.25) is 9.59 Å². The van der Waals surface area contributed by atoms with Crippen LogP contribution < -0.4 is 5.32 Å². The molecule has 2 amide bonds. The highest BCUT2D eigenvalue weighted by Gasteiger charge is 2.24. The smallest absolute Gasteiger partial charge is 0.269 e. The van der Waals surface area contributed by atoms with Crippen molar-refractivity contribution < 1.29 is 9.59 Å². The molecule has 7 heteroatoms. The van der Waals surface area contributed by atoms with E-state index in [1.807, 2.05) is 42.4 Å². The van der Waals surface area contributed by atoms with E-state index in [-0.39, 0.29) is 18.0 Å². The van der Waals surface area contributed by atoms with E-state index in [4.69, 9.17) is 0 Å². The van der Waals surface area contributed by atoms with Crippen molar-refractivity contribution >= 4 is 33.5 Å². The lowest BCUT2D eigenvalue weighted by Crippen LogP contribution is -2.47. The summed E-state index contributed by atoms with van der Waals surface area (Å²) in [5, 5.41) is 8.24. The number of rotatable bonds is 4. The van der Waals surface area contributed by atoms with Gasteiger partial charge in [-0.2, -0.15) is 5.10 Å². The van der Waals surface area contributed by atoms with Gasteiger partial charge < -0.3 is 10.2 Å². The lowest BCUT2D eigenvalue weighted by molar-refractivity contribution is -0.130. The second kappa shape index (κ2) is 7.86. The fourth-order valence-electron chi connectivity index (χ4n) is 2.92. The van der Waals surface area contributed by atoms with Crippen LogP contribution in [0.5, 0.6) is 0 Å². The Kier molecular flexibility index (Phi) is 5.56. The molecular formula is C19H21BrN4O2. The van der Waals surface area contributed by atoms with Gasteiger partial charge in [0.05, 0.1) is 0 Å². The zero-order valence-corrected chi connectivity index (χ0v) is 16.4. The second-order valence-corrected chi connectivity index (χ2v) is 7.33. The van der Waals surface area contributed by atoms with E-state index < -0.39 is 0 Å². The number of carbonyl (C=O) groups excluding carboxylic acids is 2. The molecule has 2 aliphatic heterocycles. The van der Waals surface area contributed by atoms with Crippen LogP contribution >= 0.6 is 15.9 Å². The van der Waals surface area contributed by atoms with E-state index in [9.17, 15) is 9.59 Å². The molecule has 2 heterocycles. The van der Waals surface area contributed by atoms with Crippen molar-refractivity contribution in [3.05, 3.63) is 58.2 Å². The number of amides is 2. The molecule has 2 aliphatic rings. The van der Waals surface area contributed by atoms with Crippen molar-refractivity contribution in [2.45, 2.75) is 25.4 Å². The number of hydrazone groups is 1. The van der Waals surface area contributed by atoms with Gasteiger partial charge in [0.15, 0.2) is 0 Å². The van der Waals surface area contributed by atoms with Crippen LogP contribution in [0.25, 0.3) is 0 Å². The van der Waals surface area contributed by atoms with Crippen LogP contribution in [-0.2, 0) is 16.0 Å². The summed E-state index contributed by atoms with van der Waals surface area (Å²) < 4.78 is 1.06. The number of hydrogen-bond acceptors (Lipinski definition) is 4. The molecule has 1 aromatic carbocycles. The van der Waals surface area contributed by atoms with Gasteiger partial charge in [0, 0.05) is 37.6 Å². The van der Waals surface area contributed by atoms with Crippen LogP contribution in [0.3, 0.4) is 0 Å². The molecule has 26 heavy (non-hydrogen) atoms. The fourth-order valence-corrected chi connectivity index (χ4v) is 3.37. The fraction of sp³-hybridized carbons (Fsp3) is 0.316.